The lowest BCUT2D eigenvalue weighted by molar-refractivity contribution is -0.137. The zero-order valence-corrected chi connectivity index (χ0v) is 11.2. The lowest BCUT2D eigenvalue weighted by Gasteiger charge is -2.22. The van der Waals surface area contributed by atoms with E-state index in [0.29, 0.717) is 12.0 Å². The van der Waals surface area contributed by atoms with Crippen LogP contribution < -0.4 is 0 Å². The number of alkyl halides is 3. The number of halogens is 3. The molecule has 2 aromatic rings. The highest BCUT2D eigenvalue weighted by Crippen LogP contribution is 2.40. The van der Waals surface area contributed by atoms with Crippen molar-refractivity contribution in [3.63, 3.8) is 0 Å². The van der Waals surface area contributed by atoms with Crippen LogP contribution >= 0.6 is 0 Å². The topological polar surface area (TPSA) is 30.0 Å². The highest BCUT2D eigenvalue weighted by atomic mass is 19.4. The number of hydrogen-bond acceptors (Lipinski definition) is 2. The number of benzene rings is 1. The van der Waals surface area contributed by atoms with Crippen LogP contribution in [0.3, 0.4) is 0 Å². The number of fused-ring (bicyclic) bond motifs is 1. The standard InChI is InChI=1S/C16H12F3NO/c1-15(9-10-4-2-3-5-12(10)14(15)21)13-8-11(6-7-20-13)16(17,18)19/h2-8H,9H2,1H3. The number of pyridine rings is 1. The van der Waals surface area contributed by atoms with Crippen molar-refractivity contribution in [3.05, 3.63) is 65.0 Å². The number of hydrogen-bond donors (Lipinski definition) is 0. The predicted octanol–water partition coefficient (Wildman–Crippen LogP) is 3.80. The summed E-state index contributed by atoms with van der Waals surface area (Å²) in [6.07, 6.45) is -2.96. The Morgan fingerprint density at radius 1 is 1.19 bits per heavy atom. The molecule has 0 saturated carbocycles. The molecule has 2 nitrogen and oxygen atoms in total. The summed E-state index contributed by atoms with van der Waals surface area (Å²) in [6, 6.07) is 8.99. The maximum atomic E-state index is 12.8. The molecule has 0 spiro atoms. The van der Waals surface area contributed by atoms with Gasteiger partial charge in [-0.25, -0.2) is 0 Å². The van der Waals surface area contributed by atoms with Gasteiger partial charge in [0, 0.05) is 11.8 Å². The van der Waals surface area contributed by atoms with Gasteiger partial charge < -0.3 is 0 Å². The molecule has 1 unspecified atom stereocenters. The van der Waals surface area contributed by atoms with Crippen molar-refractivity contribution in [2.45, 2.75) is 24.9 Å². The Morgan fingerprint density at radius 2 is 1.90 bits per heavy atom. The van der Waals surface area contributed by atoms with E-state index >= 15 is 0 Å². The molecule has 0 saturated heterocycles. The van der Waals surface area contributed by atoms with Gasteiger partial charge in [-0.2, -0.15) is 13.2 Å². The molecule has 1 heterocycles. The first kappa shape index (κ1) is 13.8. The quantitative estimate of drug-likeness (QED) is 0.800. The molecule has 0 amide bonds. The summed E-state index contributed by atoms with van der Waals surface area (Å²) in [5, 5.41) is 0. The second kappa shape index (κ2) is 4.41. The second-order valence-electron chi connectivity index (χ2n) is 5.42. The fourth-order valence-corrected chi connectivity index (χ4v) is 2.77. The number of Topliss-reactive ketones (excluding diaryl/α,β-unsaturated/α-hetero) is 1. The summed E-state index contributed by atoms with van der Waals surface area (Å²) in [4.78, 5) is 16.6. The van der Waals surface area contributed by atoms with Crippen LogP contribution in [-0.2, 0) is 18.0 Å². The second-order valence-corrected chi connectivity index (χ2v) is 5.42. The normalized spacial score (nSPS) is 21.4. The third-order valence-electron chi connectivity index (χ3n) is 3.96. The summed E-state index contributed by atoms with van der Waals surface area (Å²) in [6.45, 7) is 1.65. The van der Waals surface area contributed by atoms with E-state index in [9.17, 15) is 18.0 Å². The van der Waals surface area contributed by atoms with Crippen molar-refractivity contribution in [2.75, 3.05) is 0 Å². The van der Waals surface area contributed by atoms with Crippen LogP contribution in [0.2, 0.25) is 0 Å². The number of ketones is 1. The summed E-state index contributed by atoms with van der Waals surface area (Å²) < 4.78 is 38.5. The first-order valence-electron chi connectivity index (χ1n) is 6.49. The Labute approximate surface area is 119 Å². The number of rotatable bonds is 1. The van der Waals surface area contributed by atoms with Gasteiger partial charge in [-0.05, 0) is 31.0 Å². The molecule has 1 aromatic carbocycles. The molecule has 21 heavy (non-hydrogen) atoms. The van der Waals surface area contributed by atoms with Crippen LogP contribution in [0.4, 0.5) is 13.2 Å². The first-order valence-corrected chi connectivity index (χ1v) is 6.49. The fourth-order valence-electron chi connectivity index (χ4n) is 2.77. The average molecular weight is 291 g/mol. The van der Waals surface area contributed by atoms with Crippen molar-refractivity contribution >= 4 is 5.78 Å². The number of aromatic nitrogens is 1. The Bertz CT molecular complexity index is 723. The molecular weight excluding hydrogens is 279 g/mol. The van der Waals surface area contributed by atoms with Gasteiger partial charge in [-0.3, -0.25) is 9.78 Å². The molecule has 0 fully saturated rings. The zero-order chi connectivity index (χ0) is 15.3. The lowest BCUT2D eigenvalue weighted by Crippen LogP contribution is -2.30. The largest absolute Gasteiger partial charge is 0.416 e. The lowest BCUT2D eigenvalue weighted by atomic mass is 9.81. The number of carbonyl (C=O) groups excluding carboxylic acids is 1. The van der Waals surface area contributed by atoms with Crippen molar-refractivity contribution in [1.29, 1.82) is 0 Å². The number of nitrogens with zero attached hydrogens (tertiary/aromatic N) is 1. The van der Waals surface area contributed by atoms with Crippen LogP contribution in [-0.4, -0.2) is 10.8 Å². The van der Waals surface area contributed by atoms with Gasteiger partial charge >= 0.3 is 6.18 Å². The zero-order valence-electron chi connectivity index (χ0n) is 11.2. The summed E-state index contributed by atoms with van der Waals surface area (Å²) in [7, 11) is 0. The predicted molar refractivity (Wildman–Crippen MR) is 71.1 cm³/mol. The average Bonchev–Trinajstić information content (AvgIpc) is 2.72. The van der Waals surface area contributed by atoms with Crippen molar-refractivity contribution in [2.24, 2.45) is 0 Å². The summed E-state index contributed by atoms with van der Waals surface area (Å²) in [5.41, 5.74) is -0.232. The van der Waals surface area contributed by atoms with E-state index in [0.717, 1.165) is 23.9 Å². The van der Waals surface area contributed by atoms with Gasteiger partial charge in [0.25, 0.3) is 0 Å². The smallest absolute Gasteiger partial charge is 0.293 e. The molecule has 0 radical (unpaired) electrons. The van der Waals surface area contributed by atoms with Crippen LogP contribution in [0.15, 0.2) is 42.6 Å². The number of carbonyl (C=O) groups is 1. The molecular formula is C16H12F3NO. The van der Waals surface area contributed by atoms with Crippen molar-refractivity contribution < 1.29 is 18.0 Å². The minimum absolute atomic E-state index is 0.165. The van der Waals surface area contributed by atoms with E-state index in [2.05, 4.69) is 4.98 Å². The maximum Gasteiger partial charge on any atom is 0.416 e. The Balaban J connectivity index is 2.08. The molecule has 3 rings (SSSR count). The molecule has 0 bridgehead atoms. The molecule has 1 atom stereocenters. The third-order valence-corrected chi connectivity index (χ3v) is 3.96. The van der Waals surface area contributed by atoms with Gasteiger partial charge in [0.15, 0.2) is 5.78 Å². The highest BCUT2D eigenvalue weighted by Gasteiger charge is 2.44. The van der Waals surface area contributed by atoms with Crippen molar-refractivity contribution in [1.82, 2.24) is 4.98 Å². The van der Waals surface area contributed by atoms with E-state index < -0.39 is 17.2 Å². The third kappa shape index (κ3) is 2.13. The van der Waals surface area contributed by atoms with Gasteiger partial charge in [-0.15, -0.1) is 0 Å². The van der Waals surface area contributed by atoms with Crippen LogP contribution in [0, 0.1) is 0 Å². The SMILES string of the molecule is CC1(c2cc(C(F)(F)F)ccn2)Cc2ccccc2C1=O. The highest BCUT2D eigenvalue weighted by molar-refractivity contribution is 6.07. The van der Waals surface area contributed by atoms with E-state index in [1.165, 1.54) is 0 Å². The van der Waals surface area contributed by atoms with Gasteiger partial charge in [0.2, 0.25) is 0 Å². The Hall–Kier alpha value is -2.17. The first-order chi connectivity index (χ1) is 9.82. The van der Waals surface area contributed by atoms with Crippen LogP contribution in [0.5, 0.6) is 0 Å². The fraction of sp³-hybridized carbons (Fsp3) is 0.250. The molecule has 0 N–H and O–H groups in total. The van der Waals surface area contributed by atoms with Crippen LogP contribution in [0.25, 0.3) is 0 Å². The molecule has 1 aromatic heterocycles. The van der Waals surface area contributed by atoms with Gasteiger partial charge in [0.05, 0.1) is 16.7 Å². The molecule has 1 aliphatic carbocycles. The van der Waals surface area contributed by atoms with E-state index in [-0.39, 0.29) is 11.5 Å². The Morgan fingerprint density at radius 3 is 2.57 bits per heavy atom. The summed E-state index contributed by atoms with van der Waals surface area (Å²) >= 11 is 0. The van der Waals surface area contributed by atoms with Crippen LogP contribution in [0.1, 0.15) is 34.1 Å². The van der Waals surface area contributed by atoms with Crippen molar-refractivity contribution in [3.8, 4) is 0 Å². The Kier molecular flexibility index (Phi) is 2.90. The maximum absolute atomic E-state index is 12.8. The monoisotopic (exact) mass is 291 g/mol. The minimum atomic E-state index is -4.44. The minimum Gasteiger partial charge on any atom is -0.293 e. The molecule has 108 valence electrons. The van der Waals surface area contributed by atoms with E-state index in [1.54, 1.807) is 19.1 Å². The molecule has 0 aliphatic heterocycles. The van der Waals surface area contributed by atoms with E-state index in [1.807, 2.05) is 12.1 Å². The molecule has 5 heteroatoms. The molecule has 1 aliphatic rings. The van der Waals surface area contributed by atoms with Gasteiger partial charge in [0.1, 0.15) is 0 Å². The summed E-state index contributed by atoms with van der Waals surface area (Å²) in [5.74, 6) is -0.176. The van der Waals surface area contributed by atoms with E-state index in [4.69, 9.17) is 0 Å². The van der Waals surface area contributed by atoms with Gasteiger partial charge in [-0.1, -0.05) is 24.3 Å².